The minimum absolute atomic E-state index is 0.0877. The zero-order valence-corrected chi connectivity index (χ0v) is 7.01. The van der Waals surface area contributed by atoms with Crippen molar-refractivity contribution in [2.75, 3.05) is 0 Å². The van der Waals surface area contributed by atoms with Gasteiger partial charge in [-0.2, -0.15) is 0 Å². The second kappa shape index (κ2) is 3.88. The summed E-state index contributed by atoms with van der Waals surface area (Å²) in [5, 5.41) is 20.1. The number of carbonyl (C=O) groups is 2. The summed E-state index contributed by atoms with van der Waals surface area (Å²) < 4.78 is 4.57. The van der Waals surface area contributed by atoms with Crippen LogP contribution in [0.15, 0.2) is 10.6 Å². The monoisotopic (exact) mass is 200 g/mol. The van der Waals surface area contributed by atoms with Gasteiger partial charge in [-0.25, -0.2) is 4.79 Å². The third-order valence-corrected chi connectivity index (χ3v) is 1.52. The van der Waals surface area contributed by atoms with E-state index in [9.17, 15) is 9.59 Å². The van der Waals surface area contributed by atoms with Crippen molar-refractivity contribution >= 4 is 11.9 Å². The number of carboxylic acids is 2. The number of aromatic carboxylic acids is 1. The molecule has 0 aliphatic rings. The first kappa shape index (κ1) is 10.2. The molecule has 7 heteroatoms. The van der Waals surface area contributed by atoms with Crippen molar-refractivity contribution in [3.63, 3.8) is 0 Å². The molecular weight excluding hydrogens is 192 g/mol. The summed E-state index contributed by atoms with van der Waals surface area (Å²) in [5.74, 6) is -2.28. The highest BCUT2D eigenvalue weighted by Gasteiger charge is 2.17. The lowest BCUT2D eigenvalue weighted by atomic mass is 10.2. The van der Waals surface area contributed by atoms with Gasteiger partial charge in [0.1, 0.15) is 11.8 Å². The Hall–Kier alpha value is -1.89. The Morgan fingerprint density at radius 1 is 1.57 bits per heavy atom. The van der Waals surface area contributed by atoms with Crippen LogP contribution in [0.1, 0.15) is 16.2 Å². The van der Waals surface area contributed by atoms with Gasteiger partial charge >= 0.3 is 11.9 Å². The number of nitrogens with two attached hydrogens (primary N) is 1. The molecule has 0 aliphatic heterocycles. The van der Waals surface area contributed by atoms with Crippen molar-refractivity contribution in [1.29, 1.82) is 0 Å². The molecule has 4 N–H and O–H groups in total. The molecule has 0 saturated carbocycles. The van der Waals surface area contributed by atoms with Crippen LogP contribution in [0.3, 0.4) is 0 Å². The first-order valence-corrected chi connectivity index (χ1v) is 3.68. The highest BCUT2D eigenvalue weighted by Crippen LogP contribution is 2.05. The summed E-state index contributed by atoms with van der Waals surface area (Å²) >= 11 is 0. The fourth-order valence-electron chi connectivity index (χ4n) is 0.814. The molecule has 0 spiro atoms. The van der Waals surface area contributed by atoms with Gasteiger partial charge in [0.25, 0.3) is 0 Å². The maximum absolute atomic E-state index is 10.4. The van der Waals surface area contributed by atoms with Gasteiger partial charge in [0.05, 0.1) is 0 Å². The van der Waals surface area contributed by atoms with Crippen molar-refractivity contribution in [3.8, 4) is 0 Å². The van der Waals surface area contributed by atoms with Gasteiger partial charge in [-0.05, 0) is 0 Å². The van der Waals surface area contributed by atoms with Crippen molar-refractivity contribution in [2.24, 2.45) is 5.73 Å². The van der Waals surface area contributed by atoms with Gasteiger partial charge < -0.3 is 20.5 Å². The molecule has 0 aliphatic carbocycles. The van der Waals surface area contributed by atoms with Crippen LogP contribution in [0.5, 0.6) is 0 Å². The number of carboxylic acid groups (broad SMARTS) is 2. The summed E-state index contributed by atoms with van der Waals surface area (Å²) in [4.78, 5) is 20.7. The molecule has 0 amide bonds. The zero-order chi connectivity index (χ0) is 10.7. The Kier molecular flexibility index (Phi) is 2.82. The number of hydrogen-bond acceptors (Lipinski definition) is 5. The van der Waals surface area contributed by atoms with Crippen molar-refractivity contribution in [2.45, 2.75) is 12.5 Å². The minimum Gasteiger partial charge on any atom is -0.480 e. The Morgan fingerprint density at radius 2 is 2.21 bits per heavy atom. The van der Waals surface area contributed by atoms with Crippen LogP contribution in [0.2, 0.25) is 0 Å². The highest BCUT2D eigenvalue weighted by molar-refractivity contribution is 5.85. The van der Waals surface area contributed by atoms with Gasteiger partial charge in [0.15, 0.2) is 5.69 Å². The topological polar surface area (TPSA) is 127 Å². The number of aromatic nitrogens is 1. The van der Waals surface area contributed by atoms with Crippen molar-refractivity contribution < 1.29 is 24.3 Å². The van der Waals surface area contributed by atoms with E-state index in [2.05, 4.69) is 9.68 Å². The predicted molar refractivity (Wildman–Crippen MR) is 42.8 cm³/mol. The van der Waals surface area contributed by atoms with Gasteiger partial charge in [-0.15, -0.1) is 0 Å². The van der Waals surface area contributed by atoms with Crippen molar-refractivity contribution in [3.05, 3.63) is 17.5 Å². The molecule has 0 fully saturated rings. The Morgan fingerprint density at radius 3 is 2.64 bits per heavy atom. The van der Waals surface area contributed by atoms with Crippen molar-refractivity contribution in [1.82, 2.24) is 5.16 Å². The Balaban J connectivity index is 2.69. The maximum atomic E-state index is 10.4. The molecule has 0 saturated heterocycles. The maximum Gasteiger partial charge on any atom is 0.358 e. The van der Waals surface area contributed by atoms with E-state index in [1.165, 1.54) is 0 Å². The first-order chi connectivity index (χ1) is 6.50. The zero-order valence-electron chi connectivity index (χ0n) is 7.01. The van der Waals surface area contributed by atoms with E-state index in [1.54, 1.807) is 0 Å². The molecular formula is C7H8N2O5. The third kappa shape index (κ3) is 2.30. The van der Waals surface area contributed by atoms with Gasteiger partial charge in [-0.3, -0.25) is 4.79 Å². The molecule has 1 aromatic rings. The van der Waals surface area contributed by atoms with Crippen LogP contribution in [-0.2, 0) is 11.2 Å². The molecule has 7 nitrogen and oxygen atoms in total. The molecule has 1 atom stereocenters. The lowest BCUT2D eigenvalue weighted by Gasteiger charge is -2.00. The number of rotatable bonds is 4. The van der Waals surface area contributed by atoms with E-state index in [1.807, 2.05) is 0 Å². The average molecular weight is 200 g/mol. The standard InChI is InChI=1S/C7H8N2O5/c8-4(6(10)11)1-3-2-5(7(12)13)9-14-3/h2,4H,1,8H2,(H,10,11)(H,12,13)/t4-/m0/s1. The summed E-state index contributed by atoms with van der Waals surface area (Å²) in [6.07, 6.45) is -0.0877. The smallest absolute Gasteiger partial charge is 0.358 e. The number of hydrogen-bond donors (Lipinski definition) is 3. The van der Waals surface area contributed by atoms with E-state index in [-0.39, 0.29) is 17.9 Å². The van der Waals surface area contributed by atoms with Gasteiger partial charge in [-0.1, -0.05) is 5.16 Å². The van der Waals surface area contributed by atoms with Crippen LogP contribution in [0, 0.1) is 0 Å². The quantitative estimate of drug-likeness (QED) is 0.587. The van der Waals surface area contributed by atoms with Gasteiger partial charge in [0.2, 0.25) is 0 Å². The molecule has 1 rings (SSSR count). The van der Waals surface area contributed by atoms with Crippen LogP contribution in [0.4, 0.5) is 0 Å². The minimum atomic E-state index is -1.23. The van der Waals surface area contributed by atoms with Gasteiger partial charge in [0, 0.05) is 12.5 Å². The van der Waals surface area contributed by atoms with E-state index in [4.69, 9.17) is 15.9 Å². The summed E-state index contributed by atoms with van der Waals surface area (Å²) in [6.45, 7) is 0. The summed E-state index contributed by atoms with van der Waals surface area (Å²) in [7, 11) is 0. The molecule has 0 aromatic carbocycles. The first-order valence-electron chi connectivity index (χ1n) is 3.68. The largest absolute Gasteiger partial charge is 0.480 e. The molecule has 0 bridgehead atoms. The average Bonchev–Trinajstić information content (AvgIpc) is 2.52. The Labute approximate surface area is 78.1 Å². The number of aliphatic carboxylic acids is 1. The normalized spacial score (nSPS) is 12.4. The Bertz CT molecular complexity index is 359. The molecule has 76 valence electrons. The van der Waals surface area contributed by atoms with Crippen LogP contribution in [-0.4, -0.2) is 33.4 Å². The fourth-order valence-corrected chi connectivity index (χ4v) is 0.814. The molecule has 1 heterocycles. The van der Waals surface area contributed by atoms with Crippen LogP contribution >= 0.6 is 0 Å². The third-order valence-electron chi connectivity index (χ3n) is 1.52. The van der Waals surface area contributed by atoms with E-state index < -0.39 is 18.0 Å². The van der Waals surface area contributed by atoms with E-state index in [0.29, 0.717) is 0 Å². The van der Waals surface area contributed by atoms with E-state index in [0.717, 1.165) is 6.07 Å². The summed E-state index contributed by atoms with van der Waals surface area (Å²) in [6, 6.07) is 0.0232. The second-order valence-electron chi connectivity index (χ2n) is 2.63. The summed E-state index contributed by atoms with van der Waals surface area (Å²) in [5.41, 5.74) is 4.93. The lowest BCUT2D eigenvalue weighted by Crippen LogP contribution is -2.32. The second-order valence-corrected chi connectivity index (χ2v) is 2.63. The number of nitrogens with zero attached hydrogens (tertiary/aromatic N) is 1. The lowest BCUT2D eigenvalue weighted by molar-refractivity contribution is -0.138. The fraction of sp³-hybridized carbons (Fsp3) is 0.286. The highest BCUT2D eigenvalue weighted by atomic mass is 16.5. The SMILES string of the molecule is N[C@@H](Cc1cc(C(=O)O)no1)C(=O)O. The molecule has 14 heavy (non-hydrogen) atoms. The molecule has 0 unspecified atom stereocenters. The van der Waals surface area contributed by atoms with Crippen LogP contribution in [0.25, 0.3) is 0 Å². The van der Waals surface area contributed by atoms with Crippen LogP contribution < -0.4 is 5.73 Å². The molecule has 1 aromatic heterocycles. The molecule has 0 radical (unpaired) electrons. The van der Waals surface area contributed by atoms with E-state index >= 15 is 0 Å². The predicted octanol–water partition coefficient (Wildman–Crippen LogP) is -0.673.